The van der Waals surface area contributed by atoms with Crippen LogP contribution in [-0.4, -0.2) is 34.9 Å². The summed E-state index contributed by atoms with van der Waals surface area (Å²) in [5, 5.41) is 3.33. The van der Waals surface area contributed by atoms with Gasteiger partial charge in [-0.05, 0) is 43.9 Å². The number of carbonyl (C=O) groups excluding carboxylic acids is 1. The number of hydrogen-bond donors (Lipinski definition) is 1. The zero-order valence-electron chi connectivity index (χ0n) is 11.2. The normalized spacial score (nSPS) is 23.1. The van der Waals surface area contributed by atoms with Crippen molar-refractivity contribution in [2.45, 2.75) is 38.3 Å². The first kappa shape index (κ1) is 12.6. The maximum atomic E-state index is 12.6. The fraction of sp³-hybridized carbons (Fsp3) is 0.600. The van der Waals surface area contributed by atoms with Crippen molar-refractivity contribution in [1.29, 1.82) is 0 Å². The molecule has 1 aromatic rings. The maximum absolute atomic E-state index is 12.6. The standard InChI is InChI=1S/C15H21N3O/c19-15(13-4-2-8-17-10-13)18(14-5-6-14)11-12-3-1-7-16-9-12/h1,3,7,9,13-14,17H,2,4-6,8,10-11H2. The Bertz CT molecular complexity index is 424. The smallest absolute Gasteiger partial charge is 0.227 e. The molecule has 2 fully saturated rings. The monoisotopic (exact) mass is 259 g/mol. The molecule has 4 heteroatoms. The molecule has 2 aliphatic rings. The molecule has 0 bridgehead atoms. The molecular weight excluding hydrogens is 238 g/mol. The Morgan fingerprint density at radius 3 is 2.95 bits per heavy atom. The first-order valence-electron chi connectivity index (χ1n) is 7.24. The minimum absolute atomic E-state index is 0.172. The fourth-order valence-electron chi connectivity index (χ4n) is 2.76. The van der Waals surface area contributed by atoms with Gasteiger partial charge in [0.05, 0.1) is 5.92 Å². The van der Waals surface area contributed by atoms with E-state index in [9.17, 15) is 4.79 Å². The summed E-state index contributed by atoms with van der Waals surface area (Å²) >= 11 is 0. The van der Waals surface area contributed by atoms with E-state index in [2.05, 4.69) is 21.3 Å². The molecule has 1 unspecified atom stereocenters. The zero-order chi connectivity index (χ0) is 13.1. The largest absolute Gasteiger partial charge is 0.335 e. The molecule has 2 heterocycles. The highest BCUT2D eigenvalue weighted by Crippen LogP contribution is 2.30. The highest BCUT2D eigenvalue weighted by atomic mass is 16.2. The Morgan fingerprint density at radius 1 is 1.42 bits per heavy atom. The van der Waals surface area contributed by atoms with Crippen molar-refractivity contribution in [2.24, 2.45) is 5.92 Å². The molecule has 1 aliphatic heterocycles. The van der Waals surface area contributed by atoms with E-state index in [-0.39, 0.29) is 5.92 Å². The minimum Gasteiger partial charge on any atom is -0.335 e. The highest BCUT2D eigenvalue weighted by molar-refractivity contribution is 5.79. The van der Waals surface area contributed by atoms with Crippen LogP contribution in [0.5, 0.6) is 0 Å². The first-order chi connectivity index (χ1) is 9.34. The van der Waals surface area contributed by atoms with Crippen LogP contribution in [0.15, 0.2) is 24.5 Å². The van der Waals surface area contributed by atoms with Crippen molar-refractivity contribution in [2.75, 3.05) is 13.1 Å². The number of carbonyl (C=O) groups is 1. The Kier molecular flexibility index (Phi) is 3.78. The van der Waals surface area contributed by atoms with Crippen LogP contribution in [-0.2, 0) is 11.3 Å². The average molecular weight is 259 g/mol. The molecule has 102 valence electrons. The van der Waals surface area contributed by atoms with Gasteiger partial charge < -0.3 is 10.2 Å². The van der Waals surface area contributed by atoms with Crippen LogP contribution >= 0.6 is 0 Å². The Hall–Kier alpha value is -1.42. The van der Waals surface area contributed by atoms with Gasteiger partial charge in [0.15, 0.2) is 0 Å². The number of aromatic nitrogens is 1. The fourth-order valence-corrected chi connectivity index (χ4v) is 2.76. The van der Waals surface area contributed by atoms with E-state index < -0.39 is 0 Å². The summed E-state index contributed by atoms with van der Waals surface area (Å²) < 4.78 is 0. The summed E-state index contributed by atoms with van der Waals surface area (Å²) in [4.78, 5) is 18.9. The van der Waals surface area contributed by atoms with Crippen LogP contribution < -0.4 is 5.32 Å². The van der Waals surface area contributed by atoms with E-state index in [1.807, 2.05) is 12.3 Å². The second-order valence-electron chi connectivity index (χ2n) is 5.60. The quantitative estimate of drug-likeness (QED) is 0.892. The number of hydrogen-bond acceptors (Lipinski definition) is 3. The van der Waals surface area contributed by atoms with Crippen LogP contribution in [0.3, 0.4) is 0 Å². The van der Waals surface area contributed by atoms with Crippen LogP contribution in [0.2, 0.25) is 0 Å². The van der Waals surface area contributed by atoms with E-state index in [0.29, 0.717) is 18.5 Å². The third kappa shape index (κ3) is 3.13. The van der Waals surface area contributed by atoms with Gasteiger partial charge in [0.1, 0.15) is 0 Å². The summed E-state index contributed by atoms with van der Waals surface area (Å²) in [7, 11) is 0. The van der Waals surface area contributed by atoms with Gasteiger partial charge in [0.25, 0.3) is 0 Å². The van der Waals surface area contributed by atoms with E-state index >= 15 is 0 Å². The van der Waals surface area contributed by atoms with Crippen LogP contribution in [0.25, 0.3) is 0 Å². The zero-order valence-corrected chi connectivity index (χ0v) is 11.2. The van der Waals surface area contributed by atoms with Crippen molar-refractivity contribution in [3.63, 3.8) is 0 Å². The number of rotatable bonds is 4. The molecule has 1 amide bonds. The second kappa shape index (κ2) is 5.70. The summed E-state index contributed by atoms with van der Waals surface area (Å²) in [5.41, 5.74) is 1.13. The highest BCUT2D eigenvalue weighted by Gasteiger charge is 2.36. The van der Waals surface area contributed by atoms with Gasteiger partial charge in [-0.15, -0.1) is 0 Å². The molecule has 0 spiro atoms. The third-order valence-electron chi connectivity index (χ3n) is 3.99. The van der Waals surface area contributed by atoms with Gasteiger partial charge in [-0.25, -0.2) is 0 Å². The van der Waals surface area contributed by atoms with Crippen molar-refractivity contribution < 1.29 is 4.79 Å². The molecule has 0 radical (unpaired) electrons. The molecule has 1 aliphatic carbocycles. The average Bonchev–Trinajstić information content (AvgIpc) is 3.31. The number of amides is 1. The number of piperidine rings is 1. The topological polar surface area (TPSA) is 45.2 Å². The lowest BCUT2D eigenvalue weighted by Crippen LogP contribution is -2.43. The lowest BCUT2D eigenvalue weighted by molar-refractivity contribution is -0.137. The van der Waals surface area contributed by atoms with Crippen molar-refractivity contribution in [3.05, 3.63) is 30.1 Å². The van der Waals surface area contributed by atoms with Crippen molar-refractivity contribution >= 4 is 5.91 Å². The Balaban J connectivity index is 1.68. The minimum atomic E-state index is 0.172. The molecular formula is C15H21N3O. The molecule has 1 saturated heterocycles. The van der Waals surface area contributed by atoms with Gasteiger partial charge in [0.2, 0.25) is 5.91 Å². The van der Waals surface area contributed by atoms with Gasteiger partial charge in [0, 0.05) is 31.5 Å². The molecule has 1 atom stereocenters. The van der Waals surface area contributed by atoms with Gasteiger partial charge >= 0.3 is 0 Å². The van der Waals surface area contributed by atoms with E-state index in [0.717, 1.165) is 44.3 Å². The molecule has 0 aromatic carbocycles. The van der Waals surface area contributed by atoms with Crippen LogP contribution in [0.4, 0.5) is 0 Å². The first-order valence-corrected chi connectivity index (χ1v) is 7.24. The van der Waals surface area contributed by atoms with E-state index in [1.165, 1.54) is 0 Å². The van der Waals surface area contributed by atoms with E-state index in [4.69, 9.17) is 0 Å². The summed E-state index contributed by atoms with van der Waals surface area (Å²) in [6, 6.07) is 4.46. The van der Waals surface area contributed by atoms with Crippen molar-refractivity contribution in [3.8, 4) is 0 Å². The molecule has 4 nitrogen and oxygen atoms in total. The third-order valence-corrected chi connectivity index (χ3v) is 3.99. The number of pyridine rings is 1. The molecule has 19 heavy (non-hydrogen) atoms. The Morgan fingerprint density at radius 2 is 2.32 bits per heavy atom. The predicted octanol–water partition coefficient (Wildman–Crippen LogP) is 1.57. The second-order valence-corrected chi connectivity index (χ2v) is 5.60. The summed E-state index contributed by atoms with van der Waals surface area (Å²) in [6.45, 7) is 2.61. The lowest BCUT2D eigenvalue weighted by atomic mass is 9.98. The van der Waals surface area contributed by atoms with E-state index in [1.54, 1.807) is 6.20 Å². The number of nitrogens with zero attached hydrogens (tertiary/aromatic N) is 2. The molecule has 3 rings (SSSR count). The SMILES string of the molecule is O=C(C1CCCNC1)N(Cc1cccnc1)C1CC1. The maximum Gasteiger partial charge on any atom is 0.227 e. The van der Waals surface area contributed by atoms with Crippen LogP contribution in [0.1, 0.15) is 31.2 Å². The number of nitrogens with one attached hydrogen (secondary N) is 1. The predicted molar refractivity (Wildman–Crippen MR) is 73.4 cm³/mol. The lowest BCUT2D eigenvalue weighted by Gasteiger charge is -2.29. The Labute approximate surface area is 114 Å². The van der Waals surface area contributed by atoms with Gasteiger partial charge in [-0.1, -0.05) is 6.07 Å². The molecule has 1 aromatic heterocycles. The molecule has 1 saturated carbocycles. The summed E-state index contributed by atoms with van der Waals surface area (Å²) in [5.74, 6) is 0.504. The molecule has 1 N–H and O–H groups in total. The summed E-state index contributed by atoms with van der Waals surface area (Å²) in [6.07, 6.45) is 8.10. The van der Waals surface area contributed by atoms with Crippen LogP contribution in [0, 0.1) is 5.92 Å². The van der Waals surface area contributed by atoms with Crippen molar-refractivity contribution in [1.82, 2.24) is 15.2 Å². The van der Waals surface area contributed by atoms with Gasteiger partial charge in [-0.3, -0.25) is 9.78 Å². The van der Waals surface area contributed by atoms with Gasteiger partial charge in [-0.2, -0.15) is 0 Å².